The Balaban J connectivity index is 1.86. The maximum atomic E-state index is 12.0. The summed E-state index contributed by atoms with van der Waals surface area (Å²) in [7, 11) is 3.89. The van der Waals surface area contributed by atoms with Crippen molar-refractivity contribution >= 4 is 11.7 Å². The highest BCUT2D eigenvalue weighted by atomic mass is 16.5. The number of benzene rings is 1. The van der Waals surface area contributed by atoms with Gasteiger partial charge in [-0.25, -0.2) is 4.79 Å². The van der Waals surface area contributed by atoms with Crippen molar-refractivity contribution in [2.45, 2.75) is 13.0 Å². The average Bonchev–Trinajstić information content (AvgIpc) is 3.03. The molecule has 0 spiro atoms. The molecule has 2 amide bonds. The molecule has 23 heavy (non-hydrogen) atoms. The minimum Gasteiger partial charge on any atom is -0.494 e. The fourth-order valence-corrected chi connectivity index (χ4v) is 2.18. The van der Waals surface area contributed by atoms with Gasteiger partial charge in [0.2, 0.25) is 0 Å². The maximum absolute atomic E-state index is 12.0. The molecule has 0 saturated carbocycles. The Bertz CT molecular complexity index is 594. The van der Waals surface area contributed by atoms with Gasteiger partial charge in [0, 0.05) is 12.2 Å². The van der Waals surface area contributed by atoms with Crippen LogP contribution in [0.25, 0.3) is 0 Å². The van der Waals surface area contributed by atoms with E-state index in [9.17, 15) is 4.79 Å². The molecule has 2 N–H and O–H groups in total. The van der Waals surface area contributed by atoms with Crippen LogP contribution in [0, 0.1) is 0 Å². The Morgan fingerprint density at radius 1 is 1.26 bits per heavy atom. The van der Waals surface area contributed by atoms with Gasteiger partial charge in [-0.05, 0) is 57.4 Å². The summed E-state index contributed by atoms with van der Waals surface area (Å²) in [5.74, 6) is 1.60. The molecule has 6 nitrogen and oxygen atoms in total. The molecule has 0 radical (unpaired) electrons. The Morgan fingerprint density at radius 3 is 2.57 bits per heavy atom. The first-order valence-corrected chi connectivity index (χ1v) is 7.57. The zero-order valence-corrected chi connectivity index (χ0v) is 13.7. The molecule has 6 heteroatoms. The highest BCUT2D eigenvalue weighted by Crippen LogP contribution is 2.18. The van der Waals surface area contributed by atoms with E-state index in [0.29, 0.717) is 18.8 Å². The first-order valence-electron chi connectivity index (χ1n) is 7.57. The van der Waals surface area contributed by atoms with Crippen molar-refractivity contribution in [3.05, 3.63) is 48.4 Å². The topological polar surface area (TPSA) is 66.7 Å². The second kappa shape index (κ2) is 8.24. The van der Waals surface area contributed by atoms with Crippen LogP contribution in [0.1, 0.15) is 18.7 Å². The number of carbonyl (C=O) groups excluding carboxylic acids is 1. The number of likely N-dealkylation sites (N-methyl/N-ethyl adjacent to an activating group) is 1. The Kier molecular flexibility index (Phi) is 6.05. The van der Waals surface area contributed by atoms with Crippen LogP contribution in [0.4, 0.5) is 10.5 Å². The molecule has 2 aromatic rings. The number of anilines is 1. The lowest BCUT2D eigenvalue weighted by Crippen LogP contribution is -2.36. The maximum Gasteiger partial charge on any atom is 0.319 e. The summed E-state index contributed by atoms with van der Waals surface area (Å²) >= 11 is 0. The predicted octanol–water partition coefficient (Wildman–Crippen LogP) is 3.10. The Hall–Kier alpha value is -2.47. The van der Waals surface area contributed by atoms with Crippen molar-refractivity contribution in [1.29, 1.82) is 0 Å². The molecule has 0 aliphatic carbocycles. The number of furan rings is 1. The normalized spacial score (nSPS) is 12.0. The van der Waals surface area contributed by atoms with E-state index in [0.717, 1.165) is 11.5 Å². The van der Waals surface area contributed by atoms with Crippen molar-refractivity contribution in [3.63, 3.8) is 0 Å². The van der Waals surface area contributed by atoms with Gasteiger partial charge in [0.15, 0.2) is 0 Å². The highest BCUT2D eigenvalue weighted by Gasteiger charge is 2.17. The Labute approximate surface area is 136 Å². The minimum absolute atomic E-state index is 0.0175. The summed E-state index contributed by atoms with van der Waals surface area (Å²) in [6.45, 7) is 3.00. The van der Waals surface area contributed by atoms with E-state index in [4.69, 9.17) is 9.15 Å². The van der Waals surface area contributed by atoms with Gasteiger partial charge in [0.1, 0.15) is 11.5 Å². The summed E-state index contributed by atoms with van der Waals surface area (Å²) in [6, 6.07) is 10.7. The fourth-order valence-electron chi connectivity index (χ4n) is 2.18. The van der Waals surface area contributed by atoms with Crippen LogP contribution in [0.5, 0.6) is 5.75 Å². The van der Waals surface area contributed by atoms with E-state index >= 15 is 0 Å². The molecule has 1 unspecified atom stereocenters. The molecule has 1 aromatic carbocycles. The predicted molar refractivity (Wildman–Crippen MR) is 89.8 cm³/mol. The third kappa shape index (κ3) is 5.03. The summed E-state index contributed by atoms with van der Waals surface area (Å²) in [5, 5.41) is 5.65. The van der Waals surface area contributed by atoms with Gasteiger partial charge in [0.25, 0.3) is 0 Å². The second-order valence-electron chi connectivity index (χ2n) is 5.29. The highest BCUT2D eigenvalue weighted by molar-refractivity contribution is 5.89. The summed E-state index contributed by atoms with van der Waals surface area (Å²) in [4.78, 5) is 14.0. The van der Waals surface area contributed by atoms with Gasteiger partial charge in [0.05, 0.1) is 18.9 Å². The number of hydrogen-bond acceptors (Lipinski definition) is 4. The van der Waals surface area contributed by atoms with Crippen LogP contribution in [-0.4, -0.2) is 38.2 Å². The first kappa shape index (κ1) is 16.9. The summed E-state index contributed by atoms with van der Waals surface area (Å²) < 4.78 is 10.8. The lowest BCUT2D eigenvalue weighted by Gasteiger charge is -2.22. The van der Waals surface area contributed by atoms with E-state index in [2.05, 4.69) is 10.6 Å². The summed E-state index contributed by atoms with van der Waals surface area (Å²) in [5.41, 5.74) is 0.713. The van der Waals surface area contributed by atoms with Crippen LogP contribution in [-0.2, 0) is 0 Å². The average molecular weight is 317 g/mol. The standard InChI is InChI=1S/C17H23N3O3/c1-4-22-14-9-7-13(8-10-14)19-17(21)18-12-15(20(2)3)16-6-5-11-23-16/h5-11,15H,4,12H2,1-3H3,(H2,18,19,21). The fraction of sp³-hybridized carbons (Fsp3) is 0.353. The molecule has 0 fully saturated rings. The molecule has 1 heterocycles. The van der Waals surface area contributed by atoms with Gasteiger partial charge in [-0.2, -0.15) is 0 Å². The van der Waals surface area contributed by atoms with E-state index in [1.807, 2.05) is 50.2 Å². The van der Waals surface area contributed by atoms with Crippen molar-refractivity contribution < 1.29 is 13.9 Å². The lowest BCUT2D eigenvalue weighted by atomic mass is 10.2. The Morgan fingerprint density at radius 2 is 2.00 bits per heavy atom. The van der Waals surface area contributed by atoms with Crippen LogP contribution in [0.2, 0.25) is 0 Å². The number of nitrogens with zero attached hydrogens (tertiary/aromatic N) is 1. The van der Waals surface area contributed by atoms with Crippen molar-refractivity contribution in [1.82, 2.24) is 10.2 Å². The van der Waals surface area contributed by atoms with Crippen LogP contribution in [0.15, 0.2) is 47.1 Å². The number of urea groups is 1. The van der Waals surface area contributed by atoms with E-state index < -0.39 is 0 Å². The smallest absolute Gasteiger partial charge is 0.319 e. The van der Waals surface area contributed by atoms with E-state index in [1.165, 1.54) is 0 Å². The largest absolute Gasteiger partial charge is 0.494 e. The van der Waals surface area contributed by atoms with E-state index in [1.54, 1.807) is 18.4 Å². The SMILES string of the molecule is CCOc1ccc(NC(=O)NCC(c2ccco2)N(C)C)cc1. The lowest BCUT2D eigenvalue weighted by molar-refractivity contribution is 0.233. The quantitative estimate of drug-likeness (QED) is 0.823. The molecule has 2 rings (SSSR count). The molecular weight excluding hydrogens is 294 g/mol. The number of nitrogens with one attached hydrogen (secondary N) is 2. The number of carbonyl (C=O) groups is 1. The molecule has 0 bridgehead atoms. The molecule has 0 aliphatic heterocycles. The number of rotatable bonds is 7. The minimum atomic E-state index is -0.257. The van der Waals surface area contributed by atoms with Crippen molar-refractivity contribution in [2.24, 2.45) is 0 Å². The van der Waals surface area contributed by atoms with Crippen LogP contribution >= 0.6 is 0 Å². The zero-order valence-electron chi connectivity index (χ0n) is 13.7. The summed E-state index contributed by atoms with van der Waals surface area (Å²) in [6.07, 6.45) is 1.63. The first-order chi connectivity index (χ1) is 11.1. The molecule has 1 atom stereocenters. The number of hydrogen-bond donors (Lipinski definition) is 2. The monoisotopic (exact) mass is 317 g/mol. The second-order valence-corrected chi connectivity index (χ2v) is 5.29. The van der Waals surface area contributed by atoms with E-state index in [-0.39, 0.29) is 12.1 Å². The molecule has 1 aromatic heterocycles. The molecule has 0 aliphatic rings. The van der Waals surface area contributed by atoms with Gasteiger partial charge < -0.3 is 19.8 Å². The van der Waals surface area contributed by atoms with Gasteiger partial charge in [-0.15, -0.1) is 0 Å². The van der Waals surface area contributed by atoms with Gasteiger partial charge >= 0.3 is 6.03 Å². The third-order valence-electron chi connectivity index (χ3n) is 3.37. The van der Waals surface area contributed by atoms with Crippen molar-refractivity contribution in [2.75, 3.05) is 32.6 Å². The zero-order chi connectivity index (χ0) is 16.7. The van der Waals surface area contributed by atoms with Gasteiger partial charge in [-0.1, -0.05) is 0 Å². The van der Waals surface area contributed by atoms with Crippen LogP contribution in [0.3, 0.4) is 0 Å². The van der Waals surface area contributed by atoms with Crippen molar-refractivity contribution in [3.8, 4) is 5.75 Å². The third-order valence-corrected chi connectivity index (χ3v) is 3.37. The van der Waals surface area contributed by atoms with Crippen LogP contribution < -0.4 is 15.4 Å². The number of ether oxygens (including phenoxy) is 1. The molecular formula is C17H23N3O3. The number of amides is 2. The molecule has 0 saturated heterocycles. The van der Waals surface area contributed by atoms with Gasteiger partial charge in [-0.3, -0.25) is 4.90 Å². The molecule has 124 valence electrons.